The Labute approximate surface area is 196 Å². The van der Waals surface area contributed by atoms with Crippen molar-refractivity contribution in [3.8, 4) is 5.69 Å². The van der Waals surface area contributed by atoms with Crippen molar-refractivity contribution < 1.29 is 4.79 Å². The number of benzene rings is 2. The molecule has 4 aromatic rings. The smallest absolute Gasteiger partial charge is 0.265 e. The second-order valence-corrected chi connectivity index (χ2v) is 9.33. The number of carbonyl (C=O) groups is 1. The van der Waals surface area contributed by atoms with Gasteiger partial charge in [-0.05, 0) is 50.6 Å². The van der Waals surface area contributed by atoms with Gasteiger partial charge in [-0.25, -0.2) is 9.67 Å². The first-order valence-electron chi connectivity index (χ1n) is 11.0. The first-order valence-corrected chi connectivity index (χ1v) is 12.0. The highest BCUT2D eigenvalue weighted by Gasteiger charge is 2.31. The standard InChI is InChI=1S/C25H25N5O2S/c1-4-28(19-7-5-6-17(3)12-19)22(31)13-20-15-33-25-27-23-21(24(32)29(20)25)14-26-30(23)18-10-8-16(2)9-11-18/h5-12,14,20H,4,13,15H2,1-3H3. The van der Waals surface area contributed by atoms with Crippen molar-refractivity contribution in [2.45, 2.75) is 38.4 Å². The maximum absolute atomic E-state index is 13.4. The predicted molar refractivity (Wildman–Crippen MR) is 131 cm³/mol. The van der Waals surface area contributed by atoms with Crippen LogP contribution in [-0.2, 0) is 4.79 Å². The minimum atomic E-state index is -0.233. The molecule has 0 saturated carbocycles. The maximum Gasteiger partial charge on any atom is 0.265 e. The van der Waals surface area contributed by atoms with Crippen molar-refractivity contribution in [3.63, 3.8) is 0 Å². The first-order chi connectivity index (χ1) is 16.0. The van der Waals surface area contributed by atoms with Crippen LogP contribution in [0.4, 0.5) is 5.69 Å². The molecule has 1 aliphatic rings. The lowest BCUT2D eigenvalue weighted by atomic mass is 10.1. The SMILES string of the molecule is CCN(C(=O)CC1CSc2nc3c(cnn3-c3ccc(C)cc3)c(=O)n21)c1cccc(C)c1. The lowest BCUT2D eigenvalue weighted by Gasteiger charge is -2.23. The minimum Gasteiger partial charge on any atom is -0.313 e. The van der Waals surface area contributed by atoms with Crippen LogP contribution in [0.5, 0.6) is 0 Å². The van der Waals surface area contributed by atoms with Crippen LogP contribution in [0, 0.1) is 13.8 Å². The summed E-state index contributed by atoms with van der Waals surface area (Å²) >= 11 is 1.51. The Hall–Kier alpha value is -3.39. The minimum absolute atomic E-state index is 0.00361. The molecule has 0 bridgehead atoms. The van der Waals surface area contributed by atoms with Gasteiger partial charge in [0.2, 0.25) is 5.91 Å². The third kappa shape index (κ3) is 3.84. The van der Waals surface area contributed by atoms with Crippen molar-refractivity contribution in [1.82, 2.24) is 19.3 Å². The molecule has 0 aliphatic carbocycles. The van der Waals surface area contributed by atoms with Crippen LogP contribution in [-0.4, -0.2) is 37.5 Å². The monoisotopic (exact) mass is 459 g/mol. The van der Waals surface area contributed by atoms with Crippen molar-refractivity contribution in [1.29, 1.82) is 0 Å². The van der Waals surface area contributed by atoms with Crippen LogP contribution in [0.15, 0.2) is 64.7 Å². The van der Waals surface area contributed by atoms with E-state index in [0.29, 0.717) is 28.5 Å². The predicted octanol–water partition coefficient (Wildman–Crippen LogP) is 4.29. The number of aryl methyl sites for hydroxylation is 2. The first kappa shape index (κ1) is 21.5. The Balaban J connectivity index is 1.47. The molecule has 5 rings (SSSR count). The molecule has 0 saturated heterocycles. The number of amides is 1. The number of carbonyl (C=O) groups excluding carboxylic acids is 1. The average Bonchev–Trinajstić information content (AvgIpc) is 3.40. The summed E-state index contributed by atoms with van der Waals surface area (Å²) in [6, 6.07) is 15.6. The van der Waals surface area contributed by atoms with Gasteiger partial charge >= 0.3 is 0 Å². The summed E-state index contributed by atoms with van der Waals surface area (Å²) in [5, 5.41) is 5.53. The van der Waals surface area contributed by atoms with Gasteiger partial charge in [-0.3, -0.25) is 14.2 Å². The largest absolute Gasteiger partial charge is 0.313 e. The zero-order valence-electron chi connectivity index (χ0n) is 18.9. The molecule has 8 heteroatoms. The number of anilines is 1. The van der Waals surface area contributed by atoms with Gasteiger partial charge in [-0.2, -0.15) is 5.10 Å². The highest BCUT2D eigenvalue weighted by molar-refractivity contribution is 7.99. The molecule has 0 N–H and O–H groups in total. The molecule has 33 heavy (non-hydrogen) atoms. The van der Waals surface area contributed by atoms with Gasteiger partial charge in [0, 0.05) is 24.4 Å². The summed E-state index contributed by atoms with van der Waals surface area (Å²) in [6.45, 7) is 6.58. The summed E-state index contributed by atoms with van der Waals surface area (Å²) in [6.07, 6.45) is 1.83. The highest BCUT2D eigenvalue weighted by Crippen LogP contribution is 2.34. The van der Waals surface area contributed by atoms with Gasteiger partial charge in [-0.15, -0.1) is 0 Å². The average molecular weight is 460 g/mol. The second kappa shape index (κ2) is 8.51. The molecule has 2 aromatic carbocycles. The van der Waals surface area contributed by atoms with Crippen LogP contribution in [0.3, 0.4) is 0 Å². The van der Waals surface area contributed by atoms with Gasteiger partial charge in [-0.1, -0.05) is 41.6 Å². The van der Waals surface area contributed by atoms with Crippen molar-refractivity contribution in [2.24, 2.45) is 0 Å². The van der Waals surface area contributed by atoms with E-state index in [1.807, 2.05) is 69.3 Å². The molecule has 1 amide bonds. The van der Waals surface area contributed by atoms with E-state index in [2.05, 4.69) is 5.10 Å². The molecule has 168 valence electrons. The van der Waals surface area contributed by atoms with Gasteiger partial charge < -0.3 is 4.90 Å². The zero-order valence-corrected chi connectivity index (χ0v) is 19.7. The van der Waals surface area contributed by atoms with Gasteiger partial charge in [0.25, 0.3) is 5.56 Å². The van der Waals surface area contributed by atoms with Crippen molar-refractivity contribution in [3.05, 3.63) is 76.2 Å². The van der Waals surface area contributed by atoms with E-state index in [0.717, 1.165) is 22.5 Å². The van der Waals surface area contributed by atoms with Gasteiger partial charge in [0.05, 0.1) is 17.9 Å². The number of fused-ring (bicyclic) bond motifs is 2. The van der Waals surface area contributed by atoms with Crippen molar-refractivity contribution in [2.75, 3.05) is 17.2 Å². The molecule has 0 radical (unpaired) electrons. The number of nitrogens with zero attached hydrogens (tertiary/aromatic N) is 5. The summed E-state index contributed by atoms with van der Waals surface area (Å²) in [4.78, 5) is 33.2. The second-order valence-electron chi connectivity index (χ2n) is 8.34. The van der Waals surface area contributed by atoms with Crippen LogP contribution in [0.25, 0.3) is 16.7 Å². The van der Waals surface area contributed by atoms with Crippen LogP contribution < -0.4 is 10.5 Å². The Morgan fingerprint density at radius 3 is 2.67 bits per heavy atom. The maximum atomic E-state index is 13.4. The lowest BCUT2D eigenvalue weighted by Crippen LogP contribution is -2.34. The third-order valence-electron chi connectivity index (χ3n) is 5.99. The topological polar surface area (TPSA) is 73.0 Å². The Bertz CT molecular complexity index is 1410. The molecule has 1 unspecified atom stereocenters. The molecule has 0 fully saturated rings. The number of hydrogen-bond acceptors (Lipinski definition) is 5. The van der Waals surface area contributed by atoms with E-state index < -0.39 is 0 Å². The molecule has 0 spiro atoms. The Morgan fingerprint density at radius 2 is 1.94 bits per heavy atom. The quantitative estimate of drug-likeness (QED) is 0.416. The van der Waals surface area contributed by atoms with Crippen molar-refractivity contribution >= 4 is 34.4 Å². The third-order valence-corrected chi connectivity index (χ3v) is 7.09. The van der Waals surface area contributed by atoms with E-state index in [4.69, 9.17) is 4.98 Å². The zero-order chi connectivity index (χ0) is 23.1. The summed E-state index contributed by atoms with van der Waals surface area (Å²) < 4.78 is 3.38. The Kier molecular flexibility index (Phi) is 5.54. The lowest BCUT2D eigenvalue weighted by molar-refractivity contribution is -0.119. The van der Waals surface area contributed by atoms with Gasteiger partial charge in [0.15, 0.2) is 10.8 Å². The molecular weight excluding hydrogens is 434 g/mol. The molecule has 7 nitrogen and oxygen atoms in total. The van der Waals surface area contributed by atoms with E-state index in [-0.39, 0.29) is 23.9 Å². The van der Waals surface area contributed by atoms with E-state index >= 15 is 0 Å². The summed E-state index contributed by atoms with van der Waals surface area (Å²) in [5.41, 5.74) is 4.40. The fourth-order valence-electron chi connectivity index (χ4n) is 4.27. The van der Waals surface area contributed by atoms with Crippen LogP contribution in [0.1, 0.15) is 30.5 Å². The van der Waals surface area contributed by atoms with Crippen LogP contribution >= 0.6 is 11.8 Å². The molecule has 1 aliphatic heterocycles. The van der Waals surface area contributed by atoms with Crippen LogP contribution in [0.2, 0.25) is 0 Å². The fourth-order valence-corrected chi connectivity index (χ4v) is 5.40. The van der Waals surface area contributed by atoms with E-state index in [9.17, 15) is 9.59 Å². The number of thioether (sulfide) groups is 1. The molecule has 1 atom stereocenters. The molecule has 2 aromatic heterocycles. The van der Waals surface area contributed by atoms with Gasteiger partial charge in [0.1, 0.15) is 5.39 Å². The van der Waals surface area contributed by atoms with E-state index in [1.165, 1.54) is 11.8 Å². The molecular formula is C25H25N5O2S. The number of aromatic nitrogens is 4. The number of hydrogen-bond donors (Lipinski definition) is 0. The molecule has 3 heterocycles. The normalized spacial score (nSPS) is 15.1. The highest BCUT2D eigenvalue weighted by atomic mass is 32.2. The van der Waals surface area contributed by atoms with E-state index in [1.54, 1.807) is 20.3 Å². The summed E-state index contributed by atoms with van der Waals surface area (Å²) in [5.74, 6) is 0.646. The summed E-state index contributed by atoms with van der Waals surface area (Å²) in [7, 11) is 0. The fraction of sp³-hybridized carbons (Fsp3) is 0.280. The number of rotatable bonds is 5. The Morgan fingerprint density at radius 1 is 1.15 bits per heavy atom.